The predicted octanol–water partition coefficient (Wildman–Crippen LogP) is -14.8. The number of carbonyl (C=O) groups excluding carboxylic acids is 9. The summed E-state index contributed by atoms with van der Waals surface area (Å²) in [6.07, 6.45) is -1.92. The Morgan fingerprint density at radius 1 is 0.429 bits per heavy atom. The Morgan fingerprint density at radius 2 is 0.595 bits per heavy atom. The zero-order chi connectivity index (χ0) is 29.5. The van der Waals surface area contributed by atoms with Gasteiger partial charge in [0.2, 0.25) is 0 Å². The van der Waals surface area contributed by atoms with Crippen LogP contribution < -0.4 is 104 Å². The second-order valence-corrected chi connectivity index (χ2v) is 7.01. The van der Waals surface area contributed by atoms with Crippen molar-refractivity contribution < 1.29 is 192 Å². The standard InChI is InChI=1S/3C6H6O7.3Na/c3*7-4(8)2-1-3-5(9)11-13-12-6(3)10;;;/h3*3H,1-2H2,(H,7,8);;;/q;;;3*+1/p-3. The molecular weight excluding hydrogens is 621 g/mol. The van der Waals surface area contributed by atoms with Crippen LogP contribution in [0.4, 0.5) is 0 Å². The zero-order valence-electron chi connectivity index (χ0n) is 22.0. The molecule has 24 heteroatoms. The van der Waals surface area contributed by atoms with Crippen molar-refractivity contribution in [3.8, 4) is 0 Å². The number of carboxylic acids is 3. The number of carbonyl (C=O) groups is 9. The normalized spacial score (nSPS) is 16.6. The van der Waals surface area contributed by atoms with Gasteiger partial charge in [-0.2, -0.15) is 0 Å². The van der Waals surface area contributed by atoms with E-state index in [1.807, 2.05) is 0 Å². The van der Waals surface area contributed by atoms with Gasteiger partial charge in [0, 0.05) is 33.0 Å². The smallest absolute Gasteiger partial charge is 0.550 e. The molecule has 3 saturated heterocycles. The van der Waals surface area contributed by atoms with Crippen LogP contribution in [0.15, 0.2) is 0 Å². The van der Waals surface area contributed by atoms with Gasteiger partial charge in [-0.05, 0) is 38.5 Å². The van der Waals surface area contributed by atoms with Crippen LogP contribution in [0.2, 0.25) is 0 Å². The fourth-order valence-electron chi connectivity index (χ4n) is 2.38. The zero-order valence-corrected chi connectivity index (χ0v) is 28.0. The molecule has 0 aromatic rings. The van der Waals surface area contributed by atoms with Crippen LogP contribution in [0.1, 0.15) is 38.5 Å². The van der Waals surface area contributed by atoms with E-state index in [4.69, 9.17) is 0 Å². The molecule has 3 fully saturated rings. The van der Waals surface area contributed by atoms with Crippen LogP contribution in [-0.2, 0) is 87.6 Å². The summed E-state index contributed by atoms with van der Waals surface area (Å²) in [6.45, 7) is 0. The number of rotatable bonds is 9. The minimum atomic E-state index is -1.35. The second-order valence-electron chi connectivity index (χ2n) is 7.01. The molecule has 3 rings (SSSR count). The van der Waals surface area contributed by atoms with E-state index in [0.29, 0.717) is 0 Å². The van der Waals surface area contributed by atoms with Crippen LogP contribution >= 0.6 is 0 Å². The predicted molar refractivity (Wildman–Crippen MR) is 93.0 cm³/mol. The van der Waals surface area contributed by atoms with Crippen molar-refractivity contribution in [2.75, 3.05) is 0 Å². The van der Waals surface area contributed by atoms with Crippen LogP contribution in [0.3, 0.4) is 0 Å². The van der Waals surface area contributed by atoms with Crippen molar-refractivity contribution in [1.82, 2.24) is 0 Å². The first kappa shape index (κ1) is 44.5. The Morgan fingerprint density at radius 3 is 0.738 bits per heavy atom. The fraction of sp³-hybridized carbons (Fsp3) is 0.500. The third kappa shape index (κ3) is 17.3. The number of hydrogen-bond acceptors (Lipinski definition) is 21. The summed E-state index contributed by atoms with van der Waals surface area (Å²) in [7, 11) is 0. The first-order valence-corrected chi connectivity index (χ1v) is 10.2. The third-order valence-electron chi connectivity index (χ3n) is 4.32. The maximum Gasteiger partial charge on any atom is 1.00 e. The average molecular weight is 636 g/mol. The fourth-order valence-corrected chi connectivity index (χ4v) is 2.38. The first-order chi connectivity index (χ1) is 18.3. The van der Waals surface area contributed by atoms with E-state index in [-0.39, 0.29) is 108 Å². The molecule has 0 aromatic heterocycles. The molecule has 42 heavy (non-hydrogen) atoms. The molecule has 21 nitrogen and oxygen atoms in total. The van der Waals surface area contributed by atoms with E-state index in [1.165, 1.54) is 0 Å². The maximum atomic E-state index is 10.8. The molecular formula is C18H15Na3O21. The average Bonchev–Trinajstić information content (AvgIpc) is 2.83. The number of hydrogen-bond donors (Lipinski definition) is 0. The quantitative estimate of drug-likeness (QED) is 0.129. The van der Waals surface area contributed by atoms with Crippen molar-refractivity contribution in [2.45, 2.75) is 38.5 Å². The minimum absolute atomic E-state index is 0. The van der Waals surface area contributed by atoms with Crippen LogP contribution in [0.25, 0.3) is 0 Å². The van der Waals surface area contributed by atoms with Gasteiger partial charge in [0.15, 0.2) is 17.8 Å². The Hall–Kier alpha value is -1.89. The first-order valence-electron chi connectivity index (χ1n) is 10.2. The molecule has 0 aliphatic carbocycles. The molecule has 3 heterocycles. The van der Waals surface area contributed by atoms with E-state index in [2.05, 4.69) is 44.4 Å². The Bertz CT molecular complexity index is 827. The van der Waals surface area contributed by atoms with Gasteiger partial charge in [0.1, 0.15) is 0 Å². The number of aliphatic carboxylic acids is 3. The molecule has 0 bridgehead atoms. The van der Waals surface area contributed by atoms with Gasteiger partial charge in [0.25, 0.3) is 0 Å². The molecule has 0 unspecified atom stereocenters. The van der Waals surface area contributed by atoms with Gasteiger partial charge < -0.3 is 29.7 Å². The summed E-state index contributed by atoms with van der Waals surface area (Å²) in [5.74, 6) is -13.6. The summed E-state index contributed by atoms with van der Waals surface area (Å²) in [6, 6.07) is 0. The van der Waals surface area contributed by atoms with Gasteiger partial charge >= 0.3 is 124 Å². The summed E-state index contributed by atoms with van der Waals surface area (Å²) in [5.41, 5.74) is 0. The molecule has 0 radical (unpaired) electrons. The van der Waals surface area contributed by atoms with E-state index in [0.717, 1.165) is 0 Å². The van der Waals surface area contributed by atoms with Crippen LogP contribution in [0, 0.1) is 17.8 Å². The van der Waals surface area contributed by atoms with Crippen molar-refractivity contribution in [3.05, 3.63) is 0 Å². The van der Waals surface area contributed by atoms with Crippen LogP contribution in [0.5, 0.6) is 0 Å². The van der Waals surface area contributed by atoms with Crippen molar-refractivity contribution in [2.24, 2.45) is 17.8 Å². The molecule has 0 N–H and O–H groups in total. The molecule has 3 aliphatic rings. The summed E-state index contributed by atoms with van der Waals surface area (Å²) in [4.78, 5) is 118. The molecule has 0 spiro atoms. The van der Waals surface area contributed by atoms with Gasteiger partial charge in [-0.25, -0.2) is 28.8 Å². The van der Waals surface area contributed by atoms with Crippen molar-refractivity contribution in [1.29, 1.82) is 0 Å². The maximum absolute atomic E-state index is 10.8. The van der Waals surface area contributed by atoms with E-state index in [1.54, 1.807) is 0 Å². The van der Waals surface area contributed by atoms with Gasteiger partial charge in [-0.3, -0.25) is 29.3 Å². The van der Waals surface area contributed by atoms with E-state index < -0.39 is 90.7 Å². The van der Waals surface area contributed by atoms with Gasteiger partial charge in [0.05, 0.1) is 0 Å². The Labute approximate surface area is 299 Å². The van der Waals surface area contributed by atoms with E-state index >= 15 is 0 Å². The monoisotopic (exact) mass is 636 g/mol. The summed E-state index contributed by atoms with van der Waals surface area (Å²) >= 11 is 0. The molecule has 0 aromatic carbocycles. The summed E-state index contributed by atoms with van der Waals surface area (Å²) in [5, 5.41) is 41.0. The number of carboxylic acid groups (broad SMARTS) is 3. The Balaban J connectivity index is -0.000000524. The third-order valence-corrected chi connectivity index (χ3v) is 4.32. The molecule has 0 saturated carbocycles. The minimum Gasteiger partial charge on any atom is -0.550 e. The molecule has 3 aliphatic heterocycles. The van der Waals surface area contributed by atoms with Gasteiger partial charge in [-0.15, -0.1) is 0 Å². The molecule has 0 atom stereocenters. The second kappa shape index (κ2) is 23.6. The van der Waals surface area contributed by atoms with Crippen molar-refractivity contribution >= 4 is 53.7 Å². The molecule has 0 amide bonds. The largest absolute Gasteiger partial charge is 1.00 e. The van der Waals surface area contributed by atoms with E-state index in [9.17, 15) is 58.5 Å². The summed E-state index contributed by atoms with van der Waals surface area (Å²) < 4.78 is 0. The SMILES string of the molecule is O=C([O-])CCC1C(=O)OOOC1=O.O=C([O-])CCC1C(=O)OOOC1=O.O=C([O-])CCC1C(=O)OOOC1=O.[Na+].[Na+].[Na+]. The van der Waals surface area contributed by atoms with Crippen molar-refractivity contribution in [3.63, 3.8) is 0 Å². The van der Waals surface area contributed by atoms with Crippen LogP contribution in [-0.4, -0.2) is 53.7 Å². The molecule has 216 valence electrons. The Kier molecular flexibility index (Phi) is 25.0. The van der Waals surface area contributed by atoms with Gasteiger partial charge in [-0.1, -0.05) is 0 Å². The topological polar surface area (TPSA) is 306 Å².